The van der Waals surface area contributed by atoms with Crippen LogP contribution < -0.4 is 6.15 Å². The van der Waals surface area contributed by atoms with Gasteiger partial charge in [-0.3, -0.25) is 4.98 Å². The van der Waals surface area contributed by atoms with E-state index >= 15 is 0 Å². The lowest BCUT2D eigenvalue weighted by Crippen LogP contribution is -1.58. The molecule has 2 nitrogen and oxygen atoms in total. The van der Waals surface area contributed by atoms with Crippen molar-refractivity contribution in [3.63, 3.8) is 0 Å². The van der Waals surface area contributed by atoms with Crippen LogP contribution in [0.5, 0.6) is 0 Å². The Labute approximate surface area is 78.8 Å². The number of hydrogen-bond acceptors (Lipinski definition) is 2. The summed E-state index contributed by atoms with van der Waals surface area (Å²) in [6.45, 7) is 0. The molecule has 0 atom stereocenters. The molecule has 2 heteroatoms. The van der Waals surface area contributed by atoms with E-state index in [2.05, 4.69) is 4.98 Å². The lowest BCUT2D eigenvalue weighted by atomic mass is 10.4. The van der Waals surface area contributed by atoms with E-state index in [0.717, 1.165) is 0 Å². The number of rotatable bonds is 0. The van der Waals surface area contributed by atoms with Crippen LogP contribution in [0.1, 0.15) is 0 Å². The standard InChI is InChI=1S/C6H6.C5H5N.H3N/c2*1-2-4-6-5-3-1;/h1-6H;1-5H;1H3. The molecule has 68 valence electrons. The molecule has 0 amide bonds. The lowest BCUT2D eigenvalue weighted by Gasteiger charge is -1.70. The number of nitrogens with zero attached hydrogens (tertiary/aromatic N) is 1. The predicted octanol–water partition coefficient (Wildman–Crippen LogP) is 2.93. The monoisotopic (exact) mass is 174 g/mol. The fourth-order valence-electron chi connectivity index (χ4n) is 0.698. The van der Waals surface area contributed by atoms with Gasteiger partial charge in [0.2, 0.25) is 0 Å². The molecule has 0 aliphatic rings. The quantitative estimate of drug-likeness (QED) is 0.667. The fraction of sp³-hybridized carbons (Fsp3) is 0. The van der Waals surface area contributed by atoms with Crippen LogP contribution in [-0.4, -0.2) is 4.98 Å². The first-order valence-electron chi connectivity index (χ1n) is 3.85. The third-order valence-corrected chi connectivity index (χ3v) is 1.23. The Kier molecular flexibility index (Phi) is 7.34. The minimum absolute atomic E-state index is 0. The van der Waals surface area contributed by atoms with Gasteiger partial charge in [-0.15, -0.1) is 0 Å². The normalized spacial score (nSPS) is 7.38. The third kappa shape index (κ3) is 6.72. The van der Waals surface area contributed by atoms with E-state index in [-0.39, 0.29) is 6.15 Å². The molecule has 0 bridgehead atoms. The molecule has 0 fully saturated rings. The maximum atomic E-state index is 3.78. The zero-order valence-corrected chi connectivity index (χ0v) is 7.51. The molecule has 13 heavy (non-hydrogen) atoms. The van der Waals surface area contributed by atoms with Crippen molar-refractivity contribution in [3.05, 3.63) is 67.0 Å². The number of aromatic nitrogens is 1. The SMILES string of the molecule is N.c1ccccc1.c1ccncc1. The molecular formula is C11H14N2. The summed E-state index contributed by atoms with van der Waals surface area (Å²) in [5.41, 5.74) is 0. The Balaban J connectivity index is 0.000000206. The molecule has 0 saturated heterocycles. The van der Waals surface area contributed by atoms with Crippen molar-refractivity contribution < 1.29 is 0 Å². The smallest absolute Gasteiger partial charge is 0.0267 e. The molecule has 3 N–H and O–H groups in total. The van der Waals surface area contributed by atoms with Gasteiger partial charge in [0.1, 0.15) is 0 Å². The van der Waals surface area contributed by atoms with E-state index in [1.807, 2.05) is 54.6 Å². The Morgan fingerprint density at radius 1 is 0.462 bits per heavy atom. The lowest BCUT2D eigenvalue weighted by molar-refractivity contribution is 1.33. The first-order chi connectivity index (χ1) is 6.00. The van der Waals surface area contributed by atoms with Gasteiger partial charge in [-0.2, -0.15) is 0 Å². The van der Waals surface area contributed by atoms with Crippen molar-refractivity contribution in [2.45, 2.75) is 0 Å². The summed E-state index contributed by atoms with van der Waals surface area (Å²) in [5.74, 6) is 0. The summed E-state index contributed by atoms with van der Waals surface area (Å²) in [6, 6.07) is 17.7. The van der Waals surface area contributed by atoms with Gasteiger partial charge in [0.15, 0.2) is 0 Å². The van der Waals surface area contributed by atoms with Gasteiger partial charge >= 0.3 is 0 Å². The minimum atomic E-state index is 0. The molecule has 1 heterocycles. The first-order valence-corrected chi connectivity index (χ1v) is 3.85. The Hall–Kier alpha value is -1.67. The van der Waals surface area contributed by atoms with Crippen molar-refractivity contribution in [3.8, 4) is 0 Å². The van der Waals surface area contributed by atoms with Gasteiger partial charge in [0, 0.05) is 12.4 Å². The third-order valence-electron chi connectivity index (χ3n) is 1.23. The zero-order valence-electron chi connectivity index (χ0n) is 7.51. The number of hydrogen-bond donors (Lipinski definition) is 1. The average Bonchev–Trinajstić information content (AvgIpc) is 2.24. The molecule has 0 radical (unpaired) electrons. The van der Waals surface area contributed by atoms with Crippen LogP contribution in [0.15, 0.2) is 67.0 Å². The molecule has 0 unspecified atom stereocenters. The van der Waals surface area contributed by atoms with Crippen molar-refractivity contribution in [2.75, 3.05) is 0 Å². The Morgan fingerprint density at radius 2 is 0.769 bits per heavy atom. The van der Waals surface area contributed by atoms with Gasteiger partial charge < -0.3 is 6.15 Å². The van der Waals surface area contributed by atoms with Crippen LogP contribution in [0, 0.1) is 0 Å². The van der Waals surface area contributed by atoms with Gasteiger partial charge in [-0.05, 0) is 12.1 Å². The molecule has 0 aliphatic carbocycles. The van der Waals surface area contributed by atoms with Gasteiger partial charge in [-0.1, -0.05) is 42.5 Å². The Morgan fingerprint density at radius 3 is 0.923 bits per heavy atom. The van der Waals surface area contributed by atoms with E-state index in [1.165, 1.54) is 0 Å². The second-order valence-electron chi connectivity index (χ2n) is 2.18. The second-order valence-corrected chi connectivity index (χ2v) is 2.18. The average molecular weight is 174 g/mol. The van der Waals surface area contributed by atoms with E-state index in [0.29, 0.717) is 0 Å². The van der Waals surface area contributed by atoms with Crippen LogP contribution >= 0.6 is 0 Å². The van der Waals surface area contributed by atoms with Crippen molar-refractivity contribution in [1.82, 2.24) is 11.1 Å². The van der Waals surface area contributed by atoms with Crippen molar-refractivity contribution >= 4 is 0 Å². The summed E-state index contributed by atoms with van der Waals surface area (Å²) >= 11 is 0. The molecule has 2 aromatic rings. The summed E-state index contributed by atoms with van der Waals surface area (Å²) in [6.07, 6.45) is 3.50. The Bertz CT molecular complexity index is 183. The summed E-state index contributed by atoms with van der Waals surface area (Å²) in [5, 5.41) is 0. The fourth-order valence-corrected chi connectivity index (χ4v) is 0.698. The zero-order chi connectivity index (χ0) is 8.49. The molecule has 2 rings (SSSR count). The highest BCUT2D eigenvalue weighted by molar-refractivity contribution is 4.99. The maximum Gasteiger partial charge on any atom is 0.0267 e. The molecular weight excluding hydrogens is 160 g/mol. The molecule has 0 aliphatic heterocycles. The van der Waals surface area contributed by atoms with E-state index in [1.54, 1.807) is 12.4 Å². The van der Waals surface area contributed by atoms with E-state index < -0.39 is 0 Å². The second kappa shape index (κ2) is 8.43. The highest BCUT2D eigenvalue weighted by Gasteiger charge is 1.58. The van der Waals surface area contributed by atoms with E-state index in [4.69, 9.17) is 0 Å². The molecule has 1 aromatic heterocycles. The number of pyridine rings is 1. The number of benzene rings is 1. The molecule has 1 aromatic carbocycles. The van der Waals surface area contributed by atoms with Crippen LogP contribution in [0.3, 0.4) is 0 Å². The highest BCUT2D eigenvalue weighted by Crippen LogP contribution is 1.79. The molecule has 0 spiro atoms. The first kappa shape index (κ1) is 11.3. The predicted molar refractivity (Wildman–Crippen MR) is 55.7 cm³/mol. The van der Waals surface area contributed by atoms with Crippen molar-refractivity contribution in [1.29, 1.82) is 0 Å². The highest BCUT2D eigenvalue weighted by atomic mass is 14.6. The molecule has 0 saturated carbocycles. The van der Waals surface area contributed by atoms with Crippen LogP contribution in [0.2, 0.25) is 0 Å². The van der Waals surface area contributed by atoms with Crippen molar-refractivity contribution in [2.24, 2.45) is 0 Å². The minimum Gasteiger partial charge on any atom is -0.344 e. The van der Waals surface area contributed by atoms with E-state index in [9.17, 15) is 0 Å². The largest absolute Gasteiger partial charge is 0.344 e. The van der Waals surface area contributed by atoms with Crippen LogP contribution in [0.25, 0.3) is 0 Å². The van der Waals surface area contributed by atoms with Gasteiger partial charge in [0.25, 0.3) is 0 Å². The van der Waals surface area contributed by atoms with Crippen LogP contribution in [-0.2, 0) is 0 Å². The maximum absolute atomic E-state index is 3.78. The summed E-state index contributed by atoms with van der Waals surface area (Å²) in [7, 11) is 0. The summed E-state index contributed by atoms with van der Waals surface area (Å²) in [4.78, 5) is 3.78. The van der Waals surface area contributed by atoms with Crippen LogP contribution in [0.4, 0.5) is 0 Å². The summed E-state index contributed by atoms with van der Waals surface area (Å²) < 4.78 is 0. The topological polar surface area (TPSA) is 47.9 Å². The van der Waals surface area contributed by atoms with Gasteiger partial charge in [-0.25, -0.2) is 0 Å². The van der Waals surface area contributed by atoms with Gasteiger partial charge in [0.05, 0.1) is 0 Å².